The summed E-state index contributed by atoms with van der Waals surface area (Å²) in [6, 6.07) is 0. The number of hydrogen-bond acceptors (Lipinski definition) is 4. The van der Waals surface area contributed by atoms with E-state index in [1.807, 2.05) is 12.4 Å². The third-order valence-corrected chi connectivity index (χ3v) is 1.54. The first-order chi connectivity index (χ1) is 5.93. The zero-order valence-corrected chi connectivity index (χ0v) is 7.02. The molecular formula is C8H14N2O2. The molecule has 0 aromatic heterocycles. The van der Waals surface area contributed by atoms with E-state index in [1.165, 1.54) is 0 Å². The molecule has 0 amide bonds. The average molecular weight is 170 g/mol. The minimum atomic E-state index is 0.0945. The van der Waals surface area contributed by atoms with Gasteiger partial charge in [0.1, 0.15) is 0 Å². The molecular weight excluding hydrogens is 156 g/mol. The molecule has 1 heterocycles. The van der Waals surface area contributed by atoms with Gasteiger partial charge < -0.3 is 14.7 Å². The molecule has 1 rings (SSSR count). The van der Waals surface area contributed by atoms with Crippen LogP contribution in [-0.4, -0.2) is 49.1 Å². The Kier molecular flexibility index (Phi) is 4.41. The monoisotopic (exact) mass is 170 g/mol. The van der Waals surface area contributed by atoms with Crippen molar-refractivity contribution in [3.8, 4) is 0 Å². The molecule has 0 atom stereocenters. The molecule has 4 heteroatoms. The highest BCUT2D eigenvalue weighted by Gasteiger charge is 1.98. The zero-order chi connectivity index (χ0) is 8.65. The van der Waals surface area contributed by atoms with Gasteiger partial charge in [0.2, 0.25) is 0 Å². The Balaban J connectivity index is 2.00. The van der Waals surface area contributed by atoms with E-state index < -0.39 is 0 Å². The molecule has 0 saturated heterocycles. The third kappa shape index (κ3) is 3.50. The number of aliphatic hydroxyl groups excluding tert-OH is 1. The lowest BCUT2D eigenvalue weighted by molar-refractivity contribution is 0.0833. The van der Waals surface area contributed by atoms with Crippen LogP contribution in [0, 0.1) is 0 Å². The highest BCUT2D eigenvalue weighted by atomic mass is 16.5. The third-order valence-electron chi connectivity index (χ3n) is 1.54. The van der Waals surface area contributed by atoms with Crippen molar-refractivity contribution in [3.05, 3.63) is 12.4 Å². The van der Waals surface area contributed by atoms with Crippen LogP contribution in [0.15, 0.2) is 17.4 Å². The fourth-order valence-electron chi connectivity index (χ4n) is 0.921. The number of rotatable bonds is 5. The molecule has 0 fully saturated rings. The summed E-state index contributed by atoms with van der Waals surface area (Å²) in [6.45, 7) is 2.86. The quantitative estimate of drug-likeness (QED) is 0.584. The lowest BCUT2D eigenvalue weighted by Gasteiger charge is -2.19. The van der Waals surface area contributed by atoms with Gasteiger partial charge in [0, 0.05) is 25.2 Å². The van der Waals surface area contributed by atoms with Gasteiger partial charge in [-0.05, 0) is 0 Å². The maximum absolute atomic E-state index is 8.43. The molecule has 0 spiro atoms. The van der Waals surface area contributed by atoms with E-state index >= 15 is 0 Å². The summed E-state index contributed by atoms with van der Waals surface area (Å²) in [5, 5.41) is 8.43. The van der Waals surface area contributed by atoms with Crippen LogP contribution in [-0.2, 0) is 4.74 Å². The van der Waals surface area contributed by atoms with Gasteiger partial charge in [0.25, 0.3) is 0 Å². The molecule has 0 unspecified atom stereocenters. The summed E-state index contributed by atoms with van der Waals surface area (Å²) in [4.78, 5) is 6.05. The largest absolute Gasteiger partial charge is 0.394 e. The van der Waals surface area contributed by atoms with E-state index in [9.17, 15) is 0 Å². The topological polar surface area (TPSA) is 45.1 Å². The van der Waals surface area contributed by atoms with Gasteiger partial charge in [0.05, 0.1) is 26.4 Å². The van der Waals surface area contributed by atoms with E-state index in [1.54, 1.807) is 6.20 Å². The number of hydrogen-bond donors (Lipinski definition) is 1. The highest BCUT2D eigenvalue weighted by Crippen LogP contribution is 1.93. The number of ether oxygens (including phenoxy) is 1. The van der Waals surface area contributed by atoms with Crippen molar-refractivity contribution in [3.63, 3.8) is 0 Å². The average Bonchev–Trinajstić information content (AvgIpc) is 2.14. The lowest BCUT2D eigenvalue weighted by Crippen LogP contribution is -2.25. The van der Waals surface area contributed by atoms with Gasteiger partial charge in [0.15, 0.2) is 0 Å². The second-order valence-electron chi connectivity index (χ2n) is 2.46. The summed E-state index contributed by atoms with van der Waals surface area (Å²) >= 11 is 0. The molecule has 0 aromatic carbocycles. The first kappa shape index (κ1) is 9.22. The maximum Gasteiger partial charge on any atom is 0.0698 e. The summed E-state index contributed by atoms with van der Waals surface area (Å²) in [5.41, 5.74) is 0. The van der Waals surface area contributed by atoms with Gasteiger partial charge in [-0.2, -0.15) is 0 Å². The highest BCUT2D eigenvalue weighted by molar-refractivity contribution is 5.61. The molecule has 0 radical (unpaired) electrons. The Hall–Kier alpha value is -0.870. The van der Waals surface area contributed by atoms with E-state index in [0.717, 1.165) is 13.1 Å². The normalized spacial score (nSPS) is 15.6. The minimum absolute atomic E-state index is 0.0945. The number of aliphatic hydroxyl groups is 1. The van der Waals surface area contributed by atoms with Crippen LogP contribution in [0.5, 0.6) is 0 Å². The Morgan fingerprint density at radius 1 is 1.50 bits per heavy atom. The molecule has 1 aliphatic rings. The second-order valence-corrected chi connectivity index (χ2v) is 2.46. The van der Waals surface area contributed by atoms with Crippen molar-refractivity contribution < 1.29 is 9.84 Å². The van der Waals surface area contributed by atoms with Crippen LogP contribution < -0.4 is 0 Å². The smallest absolute Gasteiger partial charge is 0.0698 e. The molecule has 1 aliphatic heterocycles. The van der Waals surface area contributed by atoms with Gasteiger partial charge in [-0.25, -0.2) is 0 Å². The maximum atomic E-state index is 8.43. The van der Waals surface area contributed by atoms with Crippen molar-refractivity contribution in [2.24, 2.45) is 4.99 Å². The van der Waals surface area contributed by atoms with Crippen molar-refractivity contribution >= 4 is 6.21 Å². The van der Waals surface area contributed by atoms with Gasteiger partial charge in [-0.15, -0.1) is 0 Å². The molecule has 68 valence electrons. The second kappa shape index (κ2) is 5.74. The fraction of sp³-hybridized carbons (Fsp3) is 0.625. The van der Waals surface area contributed by atoms with Crippen LogP contribution in [0.2, 0.25) is 0 Å². The summed E-state index contributed by atoms with van der Waals surface area (Å²) in [5.74, 6) is 0. The van der Waals surface area contributed by atoms with Crippen LogP contribution in [0.25, 0.3) is 0 Å². The van der Waals surface area contributed by atoms with Crippen molar-refractivity contribution in [2.45, 2.75) is 0 Å². The molecule has 0 bridgehead atoms. The fourth-order valence-corrected chi connectivity index (χ4v) is 0.921. The van der Waals surface area contributed by atoms with E-state index in [0.29, 0.717) is 13.2 Å². The number of aliphatic imine (C=N–C) groups is 1. The van der Waals surface area contributed by atoms with Crippen LogP contribution in [0.1, 0.15) is 0 Å². The van der Waals surface area contributed by atoms with Crippen LogP contribution in [0.4, 0.5) is 0 Å². The molecule has 0 aromatic rings. The predicted molar refractivity (Wildman–Crippen MR) is 47.1 cm³/mol. The first-order valence-corrected chi connectivity index (χ1v) is 4.04. The lowest BCUT2D eigenvalue weighted by atomic mass is 10.5. The van der Waals surface area contributed by atoms with Crippen molar-refractivity contribution in [1.82, 2.24) is 4.90 Å². The van der Waals surface area contributed by atoms with Crippen LogP contribution >= 0.6 is 0 Å². The summed E-state index contributed by atoms with van der Waals surface area (Å²) in [6.07, 6.45) is 5.55. The van der Waals surface area contributed by atoms with Crippen molar-refractivity contribution in [2.75, 3.05) is 32.9 Å². The van der Waals surface area contributed by atoms with Gasteiger partial charge in [-0.3, -0.25) is 4.99 Å². The molecule has 0 aliphatic carbocycles. The van der Waals surface area contributed by atoms with E-state index in [4.69, 9.17) is 9.84 Å². The summed E-state index contributed by atoms with van der Waals surface area (Å²) in [7, 11) is 0. The Labute approximate surface area is 72.2 Å². The Morgan fingerprint density at radius 3 is 3.08 bits per heavy atom. The first-order valence-electron chi connectivity index (χ1n) is 4.04. The van der Waals surface area contributed by atoms with Gasteiger partial charge >= 0.3 is 0 Å². The predicted octanol–water partition coefficient (Wildman–Crippen LogP) is -0.147. The molecule has 0 saturated carbocycles. The summed E-state index contributed by atoms with van der Waals surface area (Å²) < 4.78 is 5.12. The molecule has 1 N–H and O–H groups in total. The van der Waals surface area contributed by atoms with E-state index in [-0.39, 0.29) is 6.61 Å². The van der Waals surface area contributed by atoms with Crippen molar-refractivity contribution in [1.29, 1.82) is 0 Å². The Morgan fingerprint density at radius 2 is 2.42 bits per heavy atom. The standard InChI is InChI=1S/C8H14N2O2/c11-6-8-12-7-5-10-3-1-9-2-4-10/h1-3,11H,4-8H2. The molecule has 12 heavy (non-hydrogen) atoms. The Bertz CT molecular complexity index is 168. The van der Waals surface area contributed by atoms with E-state index in [2.05, 4.69) is 9.89 Å². The molecule has 4 nitrogen and oxygen atoms in total. The van der Waals surface area contributed by atoms with Gasteiger partial charge in [-0.1, -0.05) is 0 Å². The van der Waals surface area contributed by atoms with Crippen LogP contribution in [0.3, 0.4) is 0 Å². The zero-order valence-electron chi connectivity index (χ0n) is 7.02. The SMILES string of the molecule is OCCOCCN1C=CN=CC1. The number of nitrogens with zero attached hydrogens (tertiary/aromatic N) is 2. The minimum Gasteiger partial charge on any atom is -0.394 e.